The minimum Gasteiger partial charge on any atom is -0.486 e. The molecule has 0 saturated carbocycles. The van der Waals surface area contributed by atoms with Crippen molar-refractivity contribution in [1.82, 2.24) is 5.32 Å². The number of amides is 2. The van der Waals surface area contributed by atoms with Gasteiger partial charge in [0.1, 0.15) is 23.9 Å². The molecule has 0 aliphatic heterocycles. The summed E-state index contributed by atoms with van der Waals surface area (Å²) in [5, 5.41) is 5.80. The molecule has 30 heavy (non-hydrogen) atoms. The number of furan rings is 1. The Morgan fingerprint density at radius 2 is 1.80 bits per heavy atom. The summed E-state index contributed by atoms with van der Waals surface area (Å²) in [5.41, 5.74) is 0.555. The molecule has 0 unspecified atom stereocenters. The zero-order valence-electron chi connectivity index (χ0n) is 16.4. The van der Waals surface area contributed by atoms with Gasteiger partial charge in [0, 0.05) is 11.1 Å². The Morgan fingerprint density at radius 1 is 1.07 bits per heavy atom. The molecule has 2 N–H and O–H groups in total. The van der Waals surface area contributed by atoms with E-state index in [0.29, 0.717) is 16.5 Å². The molecule has 3 aromatic rings. The highest BCUT2D eigenvalue weighted by Crippen LogP contribution is 2.23. The van der Waals surface area contributed by atoms with E-state index in [1.165, 1.54) is 36.4 Å². The lowest BCUT2D eigenvalue weighted by atomic mass is 10.1. The van der Waals surface area contributed by atoms with Crippen molar-refractivity contribution in [2.75, 3.05) is 5.32 Å². The molecule has 0 aliphatic carbocycles. The topological polar surface area (TPSA) is 80.6 Å². The third-order valence-corrected chi connectivity index (χ3v) is 4.21. The van der Waals surface area contributed by atoms with Crippen molar-refractivity contribution in [3.05, 3.63) is 82.5 Å². The predicted octanol–water partition coefficient (Wildman–Crippen LogP) is 5.04. The van der Waals surface area contributed by atoms with E-state index in [1.807, 2.05) is 13.8 Å². The highest BCUT2D eigenvalue weighted by atomic mass is 35.5. The molecule has 6 nitrogen and oxygen atoms in total. The van der Waals surface area contributed by atoms with Crippen LogP contribution in [0.2, 0.25) is 5.02 Å². The molecule has 0 saturated heterocycles. The molecule has 2 amide bonds. The predicted molar refractivity (Wildman–Crippen MR) is 111 cm³/mol. The van der Waals surface area contributed by atoms with E-state index in [9.17, 15) is 14.0 Å². The molecular weight excluding hydrogens is 411 g/mol. The Morgan fingerprint density at radius 3 is 2.50 bits per heavy atom. The van der Waals surface area contributed by atoms with Gasteiger partial charge in [-0.1, -0.05) is 11.6 Å². The summed E-state index contributed by atoms with van der Waals surface area (Å²) in [6.07, 6.45) is 0. The maximum Gasteiger partial charge on any atom is 0.291 e. The smallest absolute Gasteiger partial charge is 0.291 e. The summed E-state index contributed by atoms with van der Waals surface area (Å²) < 4.78 is 23.9. The van der Waals surface area contributed by atoms with Gasteiger partial charge in [0.2, 0.25) is 0 Å². The van der Waals surface area contributed by atoms with Crippen LogP contribution in [0.4, 0.5) is 10.1 Å². The first-order valence-electron chi connectivity index (χ1n) is 9.20. The van der Waals surface area contributed by atoms with Crippen LogP contribution in [0.25, 0.3) is 0 Å². The van der Waals surface area contributed by atoms with Crippen LogP contribution in [-0.2, 0) is 6.61 Å². The number of anilines is 1. The lowest BCUT2D eigenvalue weighted by Crippen LogP contribution is -2.31. The quantitative estimate of drug-likeness (QED) is 0.550. The number of ether oxygens (including phenoxy) is 1. The van der Waals surface area contributed by atoms with Crippen LogP contribution in [0.15, 0.2) is 59.0 Å². The highest BCUT2D eigenvalue weighted by Gasteiger charge is 2.18. The Labute approximate surface area is 178 Å². The average molecular weight is 431 g/mol. The van der Waals surface area contributed by atoms with Gasteiger partial charge in [0.25, 0.3) is 11.8 Å². The van der Waals surface area contributed by atoms with E-state index < -0.39 is 5.91 Å². The second-order valence-corrected chi connectivity index (χ2v) is 7.22. The zero-order chi connectivity index (χ0) is 21.7. The molecule has 0 spiro atoms. The van der Waals surface area contributed by atoms with Crippen molar-refractivity contribution in [3.8, 4) is 5.75 Å². The van der Waals surface area contributed by atoms with Gasteiger partial charge in [-0.15, -0.1) is 0 Å². The van der Waals surface area contributed by atoms with Crippen LogP contribution in [-0.4, -0.2) is 17.9 Å². The van der Waals surface area contributed by atoms with Gasteiger partial charge in [-0.2, -0.15) is 0 Å². The number of halogens is 2. The molecule has 0 bridgehead atoms. The number of benzene rings is 2. The first kappa shape index (κ1) is 21.4. The first-order valence-corrected chi connectivity index (χ1v) is 9.58. The molecule has 0 radical (unpaired) electrons. The number of carbonyl (C=O) groups is 2. The van der Waals surface area contributed by atoms with Crippen LogP contribution in [0, 0.1) is 5.82 Å². The van der Waals surface area contributed by atoms with Crippen molar-refractivity contribution in [1.29, 1.82) is 0 Å². The minimum absolute atomic E-state index is 0.0444. The van der Waals surface area contributed by atoms with Crippen LogP contribution in [0.5, 0.6) is 5.75 Å². The van der Waals surface area contributed by atoms with Gasteiger partial charge in [-0.3, -0.25) is 9.59 Å². The molecule has 1 aromatic heterocycles. The number of nitrogens with one attached hydrogen (secondary N) is 2. The van der Waals surface area contributed by atoms with Gasteiger partial charge < -0.3 is 19.8 Å². The molecular formula is C22H20ClFN2O4. The first-order chi connectivity index (χ1) is 14.3. The largest absolute Gasteiger partial charge is 0.486 e. The van der Waals surface area contributed by atoms with Gasteiger partial charge in [0.05, 0.1) is 11.3 Å². The molecule has 0 aliphatic rings. The zero-order valence-corrected chi connectivity index (χ0v) is 17.1. The van der Waals surface area contributed by atoms with Crippen LogP contribution >= 0.6 is 11.6 Å². The lowest BCUT2D eigenvalue weighted by molar-refractivity contribution is 0.0944. The minimum atomic E-state index is -0.538. The summed E-state index contributed by atoms with van der Waals surface area (Å²) in [4.78, 5) is 25.0. The summed E-state index contributed by atoms with van der Waals surface area (Å²) in [6, 6.07) is 13.2. The summed E-state index contributed by atoms with van der Waals surface area (Å²) in [7, 11) is 0. The van der Waals surface area contributed by atoms with Crippen molar-refractivity contribution in [3.63, 3.8) is 0 Å². The fourth-order valence-electron chi connectivity index (χ4n) is 2.60. The van der Waals surface area contributed by atoms with Crippen molar-refractivity contribution in [2.24, 2.45) is 0 Å². The van der Waals surface area contributed by atoms with Crippen LogP contribution in [0.1, 0.15) is 40.5 Å². The summed E-state index contributed by atoms with van der Waals surface area (Å²) >= 11 is 6.02. The Kier molecular flexibility index (Phi) is 6.74. The molecule has 1 heterocycles. The van der Waals surface area contributed by atoms with Crippen LogP contribution in [0.3, 0.4) is 0 Å². The standard InChI is InChI=1S/C22H20ClFN2O4/c1-13(2)25-21(27)18-9-3-14(23)11-19(18)26-22(28)20-10-8-17(30-20)12-29-16-6-4-15(24)5-7-16/h3-11,13H,12H2,1-2H3,(H,25,27)(H,26,28). The monoisotopic (exact) mass is 430 g/mol. The maximum atomic E-state index is 12.9. The molecule has 0 fully saturated rings. The van der Waals surface area contributed by atoms with Crippen molar-refractivity contribution < 1.29 is 23.1 Å². The average Bonchev–Trinajstić information content (AvgIpc) is 3.16. The third kappa shape index (κ3) is 5.61. The van der Waals surface area contributed by atoms with E-state index in [-0.39, 0.29) is 41.4 Å². The summed E-state index contributed by atoms with van der Waals surface area (Å²) in [6.45, 7) is 3.74. The Hall–Kier alpha value is -3.32. The van der Waals surface area contributed by atoms with Gasteiger partial charge >= 0.3 is 0 Å². The summed E-state index contributed by atoms with van der Waals surface area (Å²) in [5.74, 6) is -0.301. The van der Waals surface area contributed by atoms with E-state index in [4.69, 9.17) is 20.8 Å². The molecule has 8 heteroatoms. The number of carbonyl (C=O) groups excluding carboxylic acids is 2. The maximum absolute atomic E-state index is 12.9. The van der Waals surface area contributed by atoms with E-state index in [0.717, 1.165) is 0 Å². The molecule has 2 aromatic carbocycles. The normalized spacial score (nSPS) is 10.7. The highest BCUT2D eigenvalue weighted by molar-refractivity contribution is 6.31. The van der Waals surface area contributed by atoms with Gasteiger partial charge in [0.15, 0.2) is 5.76 Å². The Balaban J connectivity index is 1.68. The van der Waals surface area contributed by atoms with E-state index in [1.54, 1.807) is 18.2 Å². The molecule has 0 atom stereocenters. The van der Waals surface area contributed by atoms with Crippen molar-refractivity contribution in [2.45, 2.75) is 26.5 Å². The number of hydrogen-bond donors (Lipinski definition) is 2. The van der Waals surface area contributed by atoms with E-state index in [2.05, 4.69) is 10.6 Å². The second-order valence-electron chi connectivity index (χ2n) is 6.78. The second kappa shape index (κ2) is 9.45. The molecule has 3 rings (SSSR count). The van der Waals surface area contributed by atoms with Crippen LogP contribution < -0.4 is 15.4 Å². The fraction of sp³-hybridized carbons (Fsp3) is 0.182. The fourth-order valence-corrected chi connectivity index (χ4v) is 2.78. The van der Waals surface area contributed by atoms with Crippen molar-refractivity contribution >= 4 is 29.1 Å². The number of hydrogen-bond acceptors (Lipinski definition) is 4. The SMILES string of the molecule is CC(C)NC(=O)c1ccc(Cl)cc1NC(=O)c1ccc(COc2ccc(F)cc2)o1. The third-order valence-electron chi connectivity index (χ3n) is 3.97. The van der Waals surface area contributed by atoms with E-state index >= 15 is 0 Å². The van der Waals surface area contributed by atoms with Gasteiger partial charge in [-0.25, -0.2) is 4.39 Å². The van der Waals surface area contributed by atoms with Gasteiger partial charge in [-0.05, 0) is 68.4 Å². The Bertz CT molecular complexity index is 1050. The molecule has 156 valence electrons. The lowest BCUT2D eigenvalue weighted by Gasteiger charge is -2.13. The number of rotatable bonds is 7.